The number of nitrogens with one attached hydrogen (secondary N) is 2. The number of nitrogens with two attached hydrogens (primary N) is 1. The summed E-state index contributed by atoms with van der Waals surface area (Å²) in [7, 11) is 1.38. The highest BCUT2D eigenvalue weighted by atomic mass is 127. The van der Waals surface area contributed by atoms with Crippen LogP contribution in [-0.2, 0) is 4.79 Å². The summed E-state index contributed by atoms with van der Waals surface area (Å²) in [6.07, 6.45) is 0. The Morgan fingerprint density at radius 2 is 1.73 bits per heavy atom. The van der Waals surface area contributed by atoms with Gasteiger partial charge in [0.1, 0.15) is 23.9 Å². The minimum Gasteiger partial charge on any atom is -0.546 e. The van der Waals surface area contributed by atoms with E-state index >= 15 is 0 Å². The molecule has 0 aliphatic heterocycles. The van der Waals surface area contributed by atoms with Gasteiger partial charge in [-0.15, -0.1) is 24.0 Å². The third-order valence-electron chi connectivity index (χ3n) is 3.99. The number of hydrogen-bond acceptors (Lipinski definition) is 7. The van der Waals surface area contributed by atoms with Crippen molar-refractivity contribution in [2.75, 3.05) is 13.7 Å². The first-order valence-corrected chi connectivity index (χ1v) is 8.53. The maximum Gasteiger partial charge on any atom is 0.255 e. The standard InChI is InChI=1S/C20H21N3O6.HI/c1-11(18(26)12-3-6-14(7-4-12)29-10-17(24)25)23-20(27)15-8-5-13(19(21)22)9-16(15)28-2;/h3-9,11H,10H2,1-2H3,(H3,21,22)(H,23,27)(H,24,25);1H/p-1. The summed E-state index contributed by atoms with van der Waals surface area (Å²) in [4.78, 5) is 35.5. The molecule has 0 aliphatic carbocycles. The van der Waals surface area contributed by atoms with Crippen molar-refractivity contribution in [2.45, 2.75) is 13.0 Å². The number of halogens is 1. The molecule has 2 aromatic rings. The molecule has 0 saturated carbocycles. The van der Waals surface area contributed by atoms with Crippen LogP contribution in [-0.4, -0.2) is 43.3 Å². The number of carboxylic acid groups (broad SMARTS) is 1. The van der Waals surface area contributed by atoms with E-state index in [-0.39, 0.29) is 52.7 Å². The number of rotatable bonds is 9. The molecule has 1 unspecified atom stereocenters. The monoisotopic (exact) mass is 526 g/mol. The number of benzene rings is 2. The fourth-order valence-corrected chi connectivity index (χ4v) is 2.49. The molecule has 0 bridgehead atoms. The summed E-state index contributed by atoms with van der Waals surface area (Å²) >= 11 is 0. The molecule has 0 spiro atoms. The lowest BCUT2D eigenvalue weighted by molar-refractivity contribution is -0.307. The van der Waals surface area contributed by atoms with Crippen molar-refractivity contribution in [1.82, 2.24) is 5.32 Å². The van der Waals surface area contributed by atoms with Crippen LogP contribution in [0.15, 0.2) is 42.5 Å². The summed E-state index contributed by atoms with van der Waals surface area (Å²) in [6.45, 7) is 0.946. The second-order valence-electron chi connectivity index (χ2n) is 6.07. The normalized spacial score (nSPS) is 10.9. The topological polar surface area (TPSA) is 155 Å². The summed E-state index contributed by atoms with van der Waals surface area (Å²) in [5.74, 6) is -1.88. The Hall–Kier alpha value is -3.15. The number of hydrogen-bond donors (Lipinski definition) is 3. The fraction of sp³-hybridized carbons (Fsp3) is 0.200. The zero-order valence-electron chi connectivity index (χ0n) is 16.3. The van der Waals surface area contributed by atoms with Gasteiger partial charge in [-0.1, -0.05) is 6.07 Å². The number of carbonyl (C=O) groups excluding carboxylic acids is 3. The molecule has 0 heterocycles. The molecule has 160 valence electrons. The first-order valence-electron chi connectivity index (χ1n) is 8.53. The molecule has 0 aromatic heterocycles. The molecule has 2 rings (SSSR count). The van der Waals surface area contributed by atoms with Crippen LogP contribution < -0.4 is 25.6 Å². The Bertz CT molecular complexity index is 946. The number of Topliss-reactive ketones (excluding diaryl/α,β-unsaturated/α-hetero) is 1. The molecular weight excluding hydrogens is 505 g/mol. The predicted octanol–water partition coefficient (Wildman–Crippen LogP) is 0.727. The molecule has 1 amide bonds. The fourth-order valence-electron chi connectivity index (χ4n) is 2.49. The second kappa shape index (κ2) is 11.1. The summed E-state index contributed by atoms with van der Waals surface area (Å²) < 4.78 is 10.1. The van der Waals surface area contributed by atoms with Gasteiger partial charge in [-0.05, 0) is 43.3 Å². The van der Waals surface area contributed by atoms with Crippen LogP contribution in [0.2, 0.25) is 0 Å². The van der Waals surface area contributed by atoms with Crippen molar-refractivity contribution in [3.8, 4) is 11.5 Å². The second-order valence-corrected chi connectivity index (χ2v) is 6.07. The Morgan fingerprint density at radius 3 is 2.27 bits per heavy atom. The summed E-state index contributed by atoms with van der Waals surface area (Å²) in [6, 6.07) is 9.45. The molecule has 10 heteroatoms. The van der Waals surface area contributed by atoms with Gasteiger partial charge < -0.3 is 30.4 Å². The molecule has 4 N–H and O–H groups in total. The van der Waals surface area contributed by atoms with Gasteiger partial charge in [-0.2, -0.15) is 0 Å². The first kappa shape index (κ1) is 24.9. The molecule has 30 heavy (non-hydrogen) atoms. The van der Waals surface area contributed by atoms with Gasteiger partial charge >= 0.3 is 0 Å². The quantitative estimate of drug-likeness (QED) is 0.188. The molecule has 0 radical (unpaired) electrons. The van der Waals surface area contributed by atoms with Crippen LogP contribution in [0.25, 0.3) is 0 Å². The van der Waals surface area contributed by atoms with E-state index in [1.807, 2.05) is 0 Å². The highest BCUT2D eigenvalue weighted by molar-refractivity contribution is 14.0. The Morgan fingerprint density at radius 1 is 1.13 bits per heavy atom. The van der Waals surface area contributed by atoms with Crippen molar-refractivity contribution in [2.24, 2.45) is 5.73 Å². The molecule has 0 saturated heterocycles. The van der Waals surface area contributed by atoms with Crippen LogP contribution in [0.1, 0.15) is 33.2 Å². The third-order valence-corrected chi connectivity index (χ3v) is 3.99. The van der Waals surface area contributed by atoms with Gasteiger partial charge in [0, 0.05) is 11.1 Å². The zero-order chi connectivity index (χ0) is 21.6. The van der Waals surface area contributed by atoms with Gasteiger partial charge in [-0.25, -0.2) is 0 Å². The van der Waals surface area contributed by atoms with Crippen LogP contribution in [0.3, 0.4) is 0 Å². The van der Waals surface area contributed by atoms with Crippen molar-refractivity contribution in [3.05, 3.63) is 59.2 Å². The number of carboxylic acids is 1. The molecule has 0 aliphatic rings. The largest absolute Gasteiger partial charge is 0.546 e. The molecule has 9 nitrogen and oxygen atoms in total. The number of amidine groups is 1. The zero-order valence-corrected chi connectivity index (χ0v) is 18.6. The molecule has 1 atom stereocenters. The minimum atomic E-state index is -1.35. The Kier molecular flexibility index (Phi) is 9.24. The van der Waals surface area contributed by atoms with E-state index in [1.54, 1.807) is 0 Å². The number of aliphatic carboxylic acids is 1. The number of amides is 1. The summed E-state index contributed by atoms with van der Waals surface area (Å²) in [5, 5.41) is 20.4. The summed E-state index contributed by atoms with van der Waals surface area (Å²) in [5.41, 5.74) is 6.35. The van der Waals surface area contributed by atoms with Crippen molar-refractivity contribution >= 4 is 47.5 Å². The Labute approximate surface area is 190 Å². The number of ether oxygens (including phenoxy) is 2. The smallest absolute Gasteiger partial charge is 0.255 e. The van der Waals surface area contributed by atoms with Crippen molar-refractivity contribution in [3.63, 3.8) is 0 Å². The van der Waals surface area contributed by atoms with E-state index in [9.17, 15) is 19.5 Å². The molecular formula is C20H21IN3O6-. The van der Waals surface area contributed by atoms with Gasteiger partial charge in [0.25, 0.3) is 5.91 Å². The highest BCUT2D eigenvalue weighted by Gasteiger charge is 2.21. The number of carbonyl (C=O) groups is 3. The lowest BCUT2D eigenvalue weighted by Gasteiger charge is -2.15. The van der Waals surface area contributed by atoms with E-state index < -0.39 is 24.5 Å². The van der Waals surface area contributed by atoms with E-state index in [1.165, 1.54) is 56.5 Å². The number of methoxy groups -OCH3 is 1. The van der Waals surface area contributed by atoms with Crippen molar-refractivity contribution < 1.29 is 29.0 Å². The van der Waals surface area contributed by atoms with Gasteiger partial charge in [0.15, 0.2) is 5.78 Å². The average Bonchev–Trinajstić information content (AvgIpc) is 2.71. The van der Waals surface area contributed by atoms with Crippen LogP contribution in [0, 0.1) is 5.41 Å². The van der Waals surface area contributed by atoms with E-state index in [0.717, 1.165) is 0 Å². The maximum atomic E-state index is 12.6. The lowest BCUT2D eigenvalue weighted by Crippen LogP contribution is -2.38. The maximum absolute atomic E-state index is 12.6. The predicted molar refractivity (Wildman–Crippen MR) is 118 cm³/mol. The van der Waals surface area contributed by atoms with Crippen molar-refractivity contribution in [1.29, 1.82) is 5.41 Å². The average molecular weight is 526 g/mol. The van der Waals surface area contributed by atoms with Crippen LogP contribution >= 0.6 is 24.0 Å². The highest BCUT2D eigenvalue weighted by Crippen LogP contribution is 2.20. The molecule has 0 fully saturated rings. The third kappa shape index (κ3) is 6.44. The van der Waals surface area contributed by atoms with E-state index in [4.69, 9.17) is 20.6 Å². The van der Waals surface area contributed by atoms with Crippen LogP contribution in [0.5, 0.6) is 11.5 Å². The minimum absolute atomic E-state index is 0. The molecule has 2 aromatic carbocycles. The van der Waals surface area contributed by atoms with Crippen LogP contribution in [0.4, 0.5) is 0 Å². The number of ketones is 1. The first-order chi connectivity index (χ1) is 13.7. The SMILES string of the molecule is COc1cc(C(=N)N)ccc1C(=O)NC(C)C(=O)c1ccc(OCC(=O)[O-])cc1.I. The van der Waals surface area contributed by atoms with Gasteiger partial charge in [0.05, 0.1) is 24.7 Å². The van der Waals surface area contributed by atoms with E-state index in [2.05, 4.69) is 5.32 Å². The number of nitrogen functional groups attached to an aromatic ring is 1. The lowest BCUT2D eigenvalue weighted by atomic mass is 10.0. The van der Waals surface area contributed by atoms with Gasteiger partial charge in [-0.3, -0.25) is 15.0 Å². The van der Waals surface area contributed by atoms with Gasteiger partial charge in [0.2, 0.25) is 0 Å². The van der Waals surface area contributed by atoms with E-state index in [0.29, 0.717) is 11.1 Å². The Balaban J connectivity index is 0.00000450.